The Kier molecular flexibility index (Phi) is 3.89. The molecule has 4 aromatic rings. The number of aromatic nitrogens is 5. The summed E-state index contributed by atoms with van der Waals surface area (Å²) in [6, 6.07) is 3.86. The Hall–Kier alpha value is -3.55. The smallest absolute Gasteiger partial charge is 0.229 e. The molecule has 0 aliphatic carbocycles. The molecule has 0 spiro atoms. The monoisotopic (exact) mass is 374 g/mol. The van der Waals surface area contributed by atoms with Crippen molar-refractivity contribution in [1.29, 1.82) is 0 Å². The van der Waals surface area contributed by atoms with Gasteiger partial charge in [0.15, 0.2) is 12.2 Å². The number of imidazole rings is 1. The highest BCUT2D eigenvalue weighted by Gasteiger charge is 2.22. The normalized spacial score (nSPS) is 13.7. The Morgan fingerprint density at radius 3 is 2.89 bits per heavy atom. The average Bonchev–Trinajstić information content (AvgIpc) is 3.35. The quantitative estimate of drug-likeness (QED) is 0.547. The summed E-state index contributed by atoms with van der Waals surface area (Å²) in [5.74, 6) is 1.60. The van der Waals surface area contributed by atoms with Crippen LogP contribution in [0, 0.1) is 6.92 Å². The lowest BCUT2D eigenvalue weighted by Gasteiger charge is -2.27. The number of rotatable bonds is 3. The summed E-state index contributed by atoms with van der Waals surface area (Å²) in [4.78, 5) is 31.9. The van der Waals surface area contributed by atoms with Gasteiger partial charge in [0.25, 0.3) is 0 Å². The van der Waals surface area contributed by atoms with Crippen molar-refractivity contribution >= 4 is 16.7 Å². The lowest BCUT2D eigenvalue weighted by atomic mass is 10.1. The zero-order chi connectivity index (χ0) is 19.1. The first-order valence-corrected chi connectivity index (χ1v) is 9.10. The number of hydrogen-bond acceptors (Lipinski definition) is 6. The van der Waals surface area contributed by atoms with Gasteiger partial charge in [0.05, 0.1) is 30.6 Å². The predicted octanol–water partition coefficient (Wildman–Crippen LogP) is 2.37. The second-order valence-electron chi connectivity index (χ2n) is 6.94. The minimum Gasteiger partial charge on any atom is -0.442 e. The van der Waals surface area contributed by atoms with Crippen molar-refractivity contribution in [2.24, 2.45) is 0 Å². The third kappa shape index (κ3) is 3.02. The minimum atomic E-state index is 0.0586. The molecule has 140 valence electrons. The SMILES string of the molecule is Cc1cn2c(n1)CN(C(=O)Cc1cc3cc(-c4cnco4)ncc3cn1)CC2. The van der Waals surface area contributed by atoms with E-state index in [0.717, 1.165) is 34.5 Å². The van der Waals surface area contributed by atoms with Gasteiger partial charge in [-0.05, 0) is 24.4 Å². The van der Waals surface area contributed by atoms with E-state index in [1.165, 1.54) is 6.39 Å². The van der Waals surface area contributed by atoms with Gasteiger partial charge in [0.1, 0.15) is 11.5 Å². The first-order valence-electron chi connectivity index (χ1n) is 9.10. The number of amides is 1. The second kappa shape index (κ2) is 6.56. The summed E-state index contributed by atoms with van der Waals surface area (Å²) in [7, 11) is 0. The summed E-state index contributed by atoms with van der Waals surface area (Å²) < 4.78 is 7.43. The van der Waals surface area contributed by atoms with Crippen LogP contribution in [0.3, 0.4) is 0 Å². The molecule has 4 aromatic heterocycles. The van der Waals surface area contributed by atoms with Crippen LogP contribution in [0.1, 0.15) is 17.2 Å². The molecule has 0 atom stereocenters. The van der Waals surface area contributed by atoms with E-state index in [4.69, 9.17) is 4.42 Å². The van der Waals surface area contributed by atoms with E-state index in [2.05, 4.69) is 24.5 Å². The molecule has 5 heterocycles. The van der Waals surface area contributed by atoms with E-state index in [0.29, 0.717) is 24.5 Å². The van der Waals surface area contributed by atoms with Crippen molar-refractivity contribution in [1.82, 2.24) is 29.4 Å². The lowest BCUT2D eigenvalue weighted by Crippen LogP contribution is -2.39. The molecule has 8 nitrogen and oxygen atoms in total. The van der Waals surface area contributed by atoms with E-state index in [1.54, 1.807) is 18.6 Å². The van der Waals surface area contributed by atoms with Gasteiger partial charge in [-0.15, -0.1) is 0 Å². The van der Waals surface area contributed by atoms with Gasteiger partial charge < -0.3 is 13.9 Å². The van der Waals surface area contributed by atoms with Crippen LogP contribution < -0.4 is 0 Å². The maximum absolute atomic E-state index is 12.8. The van der Waals surface area contributed by atoms with Gasteiger partial charge in [-0.1, -0.05) is 0 Å². The first kappa shape index (κ1) is 16.6. The van der Waals surface area contributed by atoms with Crippen LogP contribution in [0.2, 0.25) is 0 Å². The standard InChI is InChI=1S/C20H18N6O2/c1-13-10-25-2-3-26(11-19(25)24-13)20(27)6-16-4-14-5-17(18-9-21-12-28-18)23-8-15(14)7-22-16/h4-5,7-10,12H,2-3,6,11H2,1H3. The number of carbonyl (C=O) groups is 1. The number of oxazole rings is 1. The molecule has 1 aliphatic rings. The average molecular weight is 374 g/mol. The van der Waals surface area contributed by atoms with Crippen LogP contribution in [0.15, 0.2) is 47.7 Å². The van der Waals surface area contributed by atoms with E-state index < -0.39 is 0 Å². The van der Waals surface area contributed by atoms with Crippen molar-refractivity contribution in [3.05, 3.63) is 60.5 Å². The molecule has 1 amide bonds. The van der Waals surface area contributed by atoms with Crippen molar-refractivity contribution in [2.75, 3.05) is 6.54 Å². The first-order chi connectivity index (χ1) is 13.7. The molecule has 0 radical (unpaired) electrons. The molecule has 0 aromatic carbocycles. The highest BCUT2D eigenvalue weighted by atomic mass is 16.3. The van der Waals surface area contributed by atoms with Gasteiger partial charge in [-0.3, -0.25) is 14.8 Å². The van der Waals surface area contributed by atoms with Crippen LogP contribution in [0.5, 0.6) is 0 Å². The highest BCUT2D eigenvalue weighted by Crippen LogP contribution is 2.22. The fraction of sp³-hybridized carbons (Fsp3) is 0.250. The summed E-state index contributed by atoms with van der Waals surface area (Å²) in [6.07, 6.45) is 8.79. The van der Waals surface area contributed by atoms with Crippen molar-refractivity contribution in [3.63, 3.8) is 0 Å². The molecule has 1 aliphatic heterocycles. The Morgan fingerprint density at radius 2 is 2.04 bits per heavy atom. The Labute approximate surface area is 160 Å². The third-order valence-electron chi connectivity index (χ3n) is 4.95. The van der Waals surface area contributed by atoms with Crippen LogP contribution >= 0.6 is 0 Å². The predicted molar refractivity (Wildman–Crippen MR) is 101 cm³/mol. The summed E-state index contributed by atoms with van der Waals surface area (Å²) in [6.45, 7) is 3.98. The van der Waals surface area contributed by atoms with E-state index in [-0.39, 0.29) is 12.3 Å². The molecule has 0 unspecified atom stereocenters. The molecular weight excluding hydrogens is 356 g/mol. The van der Waals surface area contributed by atoms with Gasteiger partial charge in [-0.2, -0.15) is 0 Å². The molecule has 0 saturated heterocycles. The zero-order valence-electron chi connectivity index (χ0n) is 15.4. The van der Waals surface area contributed by atoms with Gasteiger partial charge >= 0.3 is 0 Å². The van der Waals surface area contributed by atoms with E-state index in [1.807, 2.05) is 30.2 Å². The fourth-order valence-electron chi connectivity index (χ4n) is 3.53. The van der Waals surface area contributed by atoms with Crippen LogP contribution in [-0.2, 0) is 24.3 Å². The van der Waals surface area contributed by atoms with Crippen molar-refractivity contribution in [3.8, 4) is 11.5 Å². The minimum absolute atomic E-state index is 0.0586. The second-order valence-corrected chi connectivity index (χ2v) is 6.94. The molecule has 8 heteroatoms. The molecule has 0 saturated carbocycles. The molecule has 28 heavy (non-hydrogen) atoms. The topological polar surface area (TPSA) is 89.9 Å². The number of hydrogen-bond donors (Lipinski definition) is 0. The summed E-state index contributed by atoms with van der Waals surface area (Å²) in [5.41, 5.74) is 2.42. The Morgan fingerprint density at radius 1 is 1.14 bits per heavy atom. The van der Waals surface area contributed by atoms with Gasteiger partial charge in [-0.25, -0.2) is 9.97 Å². The zero-order valence-corrected chi connectivity index (χ0v) is 15.4. The van der Waals surface area contributed by atoms with Gasteiger partial charge in [0.2, 0.25) is 5.91 Å². The van der Waals surface area contributed by atoms with Crippen LogP contribution in [0.4, 0.5) is 0 Å². The van der Waals surface area contributed by atoms with Gasteiger partial charge in [0, 0.05) is 37.1 Å². The van der Waals surface area contributed by atoms with Crippen LogP contribution in [0.25, 0.3) is 22.2 Å². The number of carbonyl (C=O) groups excluding carboxylic acids is 1. The molecule has 0 N–H and O–H groups in total. The fourth-order valence-corrected chi connectivity index (χ4v) is 3.53. The Bertz CT molecular complexity index is 1160. The number of fused-ring (bicyclic) bond motifs is 2. The maximum atomic E-state index is 12.8. The maximum Gasteiger partial charge on any atom is 0.229 e. The largest absolute Gasteiger partial charge is 0.442 e. The van der Waals surface area contributed by atoms with E-state index in [9.17, 15) is 4.79 Å². The highest BCUT2D eigenvalue weighted by molar-refractivity contribution is 5.85. The summed E-state index contributed by atoms with van der Waals surface area (Å²) >= 11 is 0. The van der Waals surface area contributed by atoms with Crippen LogP contribution in [-0.4, -0.2) is 41.9 Å². The third-order valence-corrected chi connectivity index (χ3v) is 4.95. The number of nitrogens with zero attached hydrogens (tertiary/aromatic N) is 6. The Balaban J connectivity index is 1.36. The molecule has 0 bridgehead atoms. The van der Waals surface area contributed by atoms with Crippen molar-refractivity contribution in [2.45, 2.75) is 26.4 Å². The van der Waals surface area contributed by atoms with Crippen molar-refractivity contribution < 1.29 is 9.21 Å². The number of aryl methyl sites for hydroxylation is 1. The number of pyridine rings is 2. The molecule has 0 fully saturated rings. The van der Waals surface area contributed by atoms with E-state index >= 15 is 0 Å². The molecule has 5 rings (SSSR count). The summed E-state index contributed by atoms with van der Waals surface area (Å²) in [5, 5.41) is 1.87. The lowest BCUT2D eigenvalue weighted by molar-refractivity contribution is -0.132. The molecular formula is C20H18N6O2.